The second kappa shape index (κ2) is 9.64. The van der Waals surface area contributed by atoms with Crippen LogP contribution in [0.5, 0.6) is 0 Å². The smallest absolute Gasteiger partial charge is 0.236 e. The summed E-state index contributed by atoms with van der Waals surface area (Å²) < 4.78 is 2.97. The molecule has 6 nitrogen and oxygen atoms in total. The Morgan fingerprint density at radius 3 is 2.71 bits per heavy atom. The number of nitrogens with one attached hydrogen (secondary N) is 1. The molecule has 160 valence electrons. The van der Waals surface area contributed by atoms with Crippen molar-refractivity contribution in [1.29, 1.82) is 0 Å². The summed E-state index contributed by atoms with van der Waals surface area (Å²) in [6.07, 6.45) is 0.957. The predicted octanol–water partition coefficient (Wildman–Crippen LogP) is 6.03. The SMILES string of the molecule is CCc1c(-c2nnc(SCC(=O)Nc3nc(-c4ccc(Br)cc4)cs3)n2C)csc1C. The van der Waals surface area contributed by atoms with Gasteiger partial charge in [-0.1, -0.05) is 46.7 Å². The van der Waals surface area contributed by atoms with Crippen molar-refractivity contribution < 1.29 is 4.79 Å². The van der Waals surface area contributed by atoms with E-state index < -0.39 is 0 Å². The van der Waals surface area contributed by atoms with E-state index in [1.54, 1.807) is 11.3 Å². The number of hydrogen-bond acceptors (Lipinski definition) is 7. The normalized spacial score (nSPS) is 11.1. The van der Waals surface area contributed by atoms with Crippen LogP contribution in [0.2, 0.25) is 0 Å². The number of thioether (sulfide) groups is 1. The summed E-state index contributed by atoms with van der Waals surface area (Å²) in [7, 11) is 1.94. The number of carbonyl (C=O) groups is 1. The van der Waals surface area contributed by atoms with Crippen molar-refractivity contribution in [3.8, 4) is 22.6 Å². The second-order valence-corrected chi connectivity index (χ2v) is 10.6. The average molecular weight is 535 g/mol. The first-order valence-electron chi connectivity index (χ1n) is 9.57. The highest BCUT2D eigenvalue weighted by Gasteiger charge is 2.17. The zero-order valence-corrected chi connectivity index (χ0v) is 21.2. The lowest BCUT2D eigenvalue weighted by Gasteiger charge is -2.05. The number of rotatable bonds is 7. The quantitative estimate of drug-likeness (QED) is 0.293. The van der Waals surface area contributed by atoms with Crippen LogP contribution >= 0.6 is 50.4 Å². The van der Waals surface area contributed by atoms with Gasteiger partial charge in [0.25, 0.3) is 0 Å². The van der Waals surface area contributed by atoms with Crippen molar-refractivity contribution >= 4 is 61.4 Å². The van der Waals surface area contributed by atoms with Gasteiger partial charge in [0.1, 0.15) is 0 Å². The Labute approximate surface area is 201 Å². The largest absolute Gasteiger partial charge is 0.305 e. The van der Waals surface area contributed by atoms with Gasteiger partial charge in [0.2, 0.25) is 5.91 Å². The van der Waals surface area contributed by atoms with Gasteiger partial charge in [-0.3, -0.25) is 4.79 Å². The summed E-state index contributed by atoms with van der Waals surface area (Å²) >= 11 is 7.94. The Balaban J connectivity index is 1.38. The molecule has 0 spiro atoms. The molecular weight excluding hydrogens is 514 g/mol. The number of thiazole rings is 1. The van der Waals surface area contributed by atoms with Crippen molar-refractivity contribution in [1.82, 2.24) is 19.7 Å². The van der Waals surface area contributed by atoms with E-state index in [0.717, 1.165) is 33.5 Å². The zero-order chi connectivity index (χ0) is 22.0. The van der Waals surface area contributed by atoms with Gasteiger partial charge in [-0.05, 0) is 31.0 Å². The molecule has 0 atom stereocenters. The molecule has 0 radical (unpaired) electrons. The third-order valence-electron chi connectivity index (χ3n) is 4.76. The second-order valence-electron chi connectivity index (χ2n) is 6.78. The Kier molecular flexibility index (Phi) is 6.90. The van der Waals surface area contributed by atoms with Gasteiger partial charge in [-0.2, -0.15) is 0 Å². The van der Waals surface area contributed by atoms with Crippen LogP contribution in [-0.4, -0.2) is 31.4 Å². The van der Waals surface area contributed by atoms with Crippen LogP contribution in [-0.2, 0) is 18.3 Å². The van der Waals surface area contributed by atoms with Crippen molar-refractivity contribution in [2.45, 2.75) is 25.4 Å². The molecule has 0 saturated heterocycles. The molecule has 4 aromatic rings. The number of aryl methyl sites for hydroxylation is 1. The summed E-state index contributed by atoms with van der Waals surface area (Å²) in [5, 5.41) is 16.9. The molecule has 0 saturated carbocycles. The van der Waals surface area contributed by atoms with Crippen LogP contribution in [0.1, 0.15) is 17.4 Å². The lowest BCUT2D eigenvalue weighted by atomic mass is 10.1. The Morgan fingerprint density at radius 2 is 1.97 bits per heavy atom. The molecular formula is C21H20BrN5OS3. The third-order valence-corrected chi connectivity index (χ3v) is 8.02. The Hall–Kier alpha value is -2.01. The molecule has 10 heteroatoms. The number of hydrogen-bond donors (Lipinski definition) is 1. The van der Waals surface area contributed by atoms with Crippen LogP contribution in [0, 0.1) is 6.92 Å². The molecule has 0 unspecified atom stereocenters. The van der Waals surface area contributed by atoms with Crippen LogP contribution in [0.4, 0.5) is 5.13 Å². The first-order valence-corrected chi connectivity index (χ1v) is 13.1. The number of aromatic nitrogens is 4. The minimum Gasteiger partial charge on any atom is -0.305 e. The molecule has 3 aromatic heterocycles. The van der Waals surface area contributed by atoms with Crippen LogP contribution in [0.25, 0.3) is 22.6 Å². The molecule has 3 heterocycles. The van der Waals surface area contributed by atoms with Gasteiger partial charge in [0.15, 0.2) is 16.1 Å². The van der Waals surface area contributed by atoms with Crippen LogP contribution < -0.4 is 5.32 Å². The molecule has 1 amide bonds. The molecule has 0 aliphatic rings. The van der Waals surface area contributed by atoms with E-state index in [0.29, 0.717) is 10.3 Å². The molecule has 4 rings (SSSR count). The molecule has 0 fully saturated rings. The predicted molar refractivity (Wildman–Crippen MR) is 133 cm³/mol. The molecule has 0 aliphatic heterocycles. The van der Waals surface area contributed by atoms with Gasteiger partial charge in [0.05, 0.1) is 11.4 Å². The van der Waals surface area contributed by atoms with E-state index in [4.69, 9.17) is 0 Å². The van der Waals surface area contributed by atoms with Crippen LogP contribution in [0.15, 0.2) is 44.7 Å². The lowest BCUT2D eigenvalue weighted by Crippen LogP contribution is -2.14. The fourth-order valence-corrected chi connectivity index (χ4v) is 5.80. The minimum absolute atomic E-state index is 0.119. The molecule has 1 aromatic carbocycles. The number of halogens is 1. The van der Waals surface area contributed by atoms with Crippen molar-refractivity contribution in [2.75, 3.05) is 11.1 Å². The molecule has 0 aliphatic carbocycles. The number of carbonyl (C=O) groups excluding carboxylic acids is 1. The standard InChI is InChI=1S/C21H20BrN5OS3/c1-4-15-12(2)29-9-16(15)19-25-26-21(27(19)3)31-11-18(28)24-20-23-17(10-30-20)13-5-7-14(22)8-6-13/h5-10H,4,11H2,1-3H3,(H,23,24,28). The molecule has 0 bridgehead atoms. The van der Waals surface area contributed by atoms with Gasteiger partial charge < -0.3 is 9.88 Å². The van der Waals surface area contributed by atoms with E-state index in [1.807, 2.05) is 41.3 Å². The monoisotopic (exact) mass is 533 g/mol. The summed E-state index contributed by atoms with van der Waals surface area (Å²) in [6.45, 7) is 4.28. The number of benzene rings is 1. The fraction of sp³-hybridized carbons (Fsp3) is 0.238. The third kappa shape index (κ3) is 4.92. The maximum atomic E-state index is 12.4. The molecule has 1 N–H and O–H groups in total. The lowest BCUT2D eigenvalue weighted by molar-refractivity contribution is -0.113. The van der Waals surface area contributed by atoms with Gasteiger partial charge in [-0.25, -0.2) is 4.98 Å². The Bertz CT molecular complexity index is 1210. The minimum atomic E-state index is -0.119. The van der Waals surface area contributed by atoms with Crippen molar-refractivity contribution in [2.24, 2.45) is 7.05 Å². The highest BCUT2D eigenvalue weighted by atomic mass is 79.9. The average Bonchev–Trinajstić information content (AvgIpc) is 3.46. The van der Waals surface area contributed by atoms with Crippen molar-refractivity contribution in [3.63, 3.8) is 0 Å². The summed E-state index contributed by atoms with van der Waals surface area (Å²) in [6, 6.07) is 7.93. The number of anilines is 1. The fourth-order valence-electron chi connectivity index (χ4n) is 3.15. The van der Waals surface area contributed by atoms with Crippen molar-refractivity contribution in [3.05, 3.63) is 49.9 Å². The van der Waals surface area contributed by atoms with E-state index in [9.17, 15) is 4.79 Å². The topological polar surface area (TPSA) is 72.7 Å². The van der Waals surface area contributed by atoms with E-state index in [1.165, 1.54) is 33.5 Å². The molecule has 31 heavy (non-hydrogen) atoms. The van der Waals surface area contributed by atoms with Gasteiger partial charge in [-0.15, -0.1) is 32.9 Å². The maximum Gasteiger partial charge on any atom is 0.236 e. The first kappa shape index (κ1) is 22.2. The van der Waals surface area contributed by atoms with E-state index in [-0.39, 0.29) is 11.7 Å². The summed E-state index contributed by atoms with van der Waals surface area (Å²) in [4.78, 5) is 18.3. The van der Waals surface area contributed by atoms with Crippen LogP contribution in [0.3, 0.4) is 0 Å². The van der Waals surface area contributed by atoms with E-state index >= 15 is 0 Å². The van der Waals surface area contributed by atoms with Gasteiger partial charge in [0, 0.05) is 38.3 Å². The highest BCUT2D eigenvalue weighted by molar-refractivity contribution is 9.10. The van der Waals surface area contributed by atoms with Gasteiger partial charge >= 0.3 is 0 Å². The number of thiophene rings is 1. The zero-order valence-electron chi connectivity index (χ0n) is 17.2. The summed E-state index contributed by atoms with van der Waals surface area (Å²) in [5.41, 5.74) is 4.28. The van der Waals surface area contributed by atoms with E-state index in [2.05, 4.69) is 55.7 Å². The summed E-state index contributed by atoms with van der Waals surface area (Å²) in [5.74, 6) is 0.956. The number of amides is 1. The number of nitrogens with zero attached hydrogens (tertiary/aromatic N) is 4. The maximum absolute atomic E-state index is 12.4. The Morgan fingerprint density at radius 1 is 1.19 bits per heavy atom. The highest BCUT2D eigenvalue weighted by Crippen LogP contribution is 2.32. The first-order chi connectivity index (χ1) is 15.0.